The van der Waals surface area contributed by atoms with Crippen molar-refractivity contribution in [1.82, 2.24) is 9.78 Å². The van der Waals surface area contributed by atoms with Crippen molar-refractivity contribution in [1.29, 1.82) is 0 Å². The largest absolute Gasteiger partial charge is 0.295 e. The van der Waals surface area contributed by atoms with Crippen LogP contribution in [0.25, 0.3) is 5.69 Å². The second-order valence-electron chi connectivity index (χ2n) is 6.03. The van der Waals surface area contributed by atoms with Gasteiger partial charge in [-0.1, -0.05) is 29.3 Å². The van der Waals surface area contributed by atoms with Gasteiger partial charge in [-0.2, -0.15) is 10.2 Å². The summed E-state index contributed by atoms with van der Waals surface area (Å²) in [6.07, 6.45) is 1.35. The molecule has 0 aliphatic heterocycles. The number of hydrogen-bond acceptors (Lipinski definition) is 7. The summed E-state index contributed by atoms with van der Waals surface area (Å²) in [4.78, 5) is 10.1. The molecule has 3 aromatic rings. The Labute approximate surface area is 181 Å². The van der Waals surface area contributed by atoms with Gasteiger partial charge in [-0.05, 0) is 37.3 Å². The molecule has 0 bridgehead atoms. The molecule has 1 aromatic heterocycles. The lowest BCUT2D eigenvalue weighted by atomic mass is 10.3. The Bertz CT molecular complexity index is 1270. The van der Waals surface area contributed by atoms with E-state index < -0.39 is 20.6 Å². The number of benzene rings is 2. The molecule has 0 saturated heterocycles. The molecule has 3 N–H and O–H groups in total. The zero-order valence-corrected chi connectivity index (χ0v) is 17.6. The Hall–Kier alpha value is -2.99. The zero-order chi connectivity index (χ0) is 22.1. The zero-order valence-electron chi connectivity index (χ0n) is 15.3. The molecule has 1 heterocycles. The summed E-state index contributed by atoms with van der Waals surface area (Å²) in [5.74, 6) is 0. The molecule has 30 heavy (non-hydrogen) atoms. The quantitative estimate of drug-likeness (QED) is 0.321. The van der Waals surface area contributed by atoms with Crippen LogP contribution in [0.15, 0.2) is 52.5 Å². The maximum atomic E-state index is 11.4. The minimum atomic E-state index is -4.09. The van der Waals surface area contributed by atoms with Crippen molar-refractivity contribution in [2.45, 2.75) is 11.8 Å². The molecule has 156 valence electrons. The standard InChI is InChI=1S/C17H14Cl2N6O4S/c1-10-14(17(19)24(23-10)12-4-2-3-11(18)7-12)9-21-22-15-6-5-13(30(20,28)29)8-16(15)25(26)27/h2-9,22H,1H3,(H2,20,28,29). The number of nitrogens with two attached hydrogens (primary N) is 1. The SMILES string of the molecule is Cc1nn(-c2cccc(Cl)c2)c(Cl)c1C=NNc1ccc(S(N)(=O)=O)cc1[N+](=O)[O-]. The summed E-state index contributed by atoms with van der Waals surface area (Å²) < 4.78 is 24.3. The first-order chi connectivity index (χ1) is 14.1. The Balaban J connectivity index is 1.90. The summed E-state index contributed by atoms with van der Waals surface area (Å²) in [7, 11) is -4.09. The van der Waals surface area contributed by atoms with E-state index in [-0.39, 0.29) is 15.7 Å². The van der Waals surface area contributed by atoms with Crippen LogP contribution in [0, 0.1) is 17.0 Å². The van der Waals surface area contributed by atoms with E-state index in [0.29, 0.717) is 22.0 Å². The number of sulfonamides is 1. The minimum absolute atomic E-state index is 0.0281. The average molecular weight is 469 g/mol. The molecule has 0 saturated carbocycles. The number of nitro benzene ring substituents is 1. The highest BCUT2D eigenvalue weighted by Crippen LogP contribution is 2.28. The molecule has 13 heteroatoms. The smallest absolute Gasteiger partial charge is 0.272 e. The van der Waals surface area contributed by atoms with Crippen LogP contribution in [-0.4, -0.2) is 29.3 Å². The van der Waals surface area contributed by atoms with Crippen molar-refractivity contribution in [3.8, 4) is 5.69 Å². The van der Waals surface area contributed by atoms with Crippen LogP contribution >= 0.6 is 23.2 Å². The Morgan fingerprint density at radius 2 is 2.00 bits per heavy atom. The van der Waals surface area contributed by atoms with Crippen LogP contribution in [0.5, 0.6) is 0 Å². The second kappa shape index (κ2) is 8.40. The van der Waals surface area contributed by atoms with Gasteiger partial charge >= 0.3 is 0 Å². The third-order valence-electron chi connectivity index (χ3n) is 3.97. The predicted molar refractivity (Wildman–Crippen MR) is 114 cm³/mol. The first kappa shape index (κ1) is 21.7. The number of aryl methyl sites for hydroxylation is 1. The van der Waals surface area contributed by atoms with Gasteiger partial charge in [-0.25, -0.2) is 18.2 Å². The van der Waals surface area contributed by atoms with Gasteiger partial charge in [-0.3, -0.25) is 15.5 Å². The number of primary sulfonamides is 1. The number of halogens is 2. The second-order valence-corrected chi connectivity index (χ2v) is 8.39. The van der Waals surface area contributed by atoms with E-state index in [4.69, 9.17) is 28.3 Å². The van der Waals surface area contributed by atoms with Crippen LogP contribution < -0.4 is 10.6 Å². The molecule has 0 spiro atoms. The van der Waals surface area contributed by atoms with E-state index in [1.54, 1.807) is 31.2 Å². The van der Waals surface area contributed by atoms with Gasteiger partial charge in [0, 0.05) is 11.1 Å². The van der Waals surface area contributed by atoms with E-state index in [9.17, 15) is 18.5 Å². The van der Waals surface area contributed by atoms with Crippen molar-refractivity contribution >= 4 is 50.8 Å². The van der Waals surface area contributed by atoms with Gasteiger partial charge in [0.1, 0.15) is 10.8 Å². The van der Waals surface area contributed by atoms with Crippen molar-refractivity contribution in [2.75, 3.05) is 5.43 Å². The third-order valence-corrected chi connectivity index (χ3v) is 5.48. The minimum Gasteiger partial charge on any atom is -0.272 e. The molecule has 3 rings (SSSR count). The van der Waals surface area contributed by atoms with E-state index in [1.807, 2.05) is 0 Å². The third kappa shape index (κ3) is 4.60. The van der Waals surface area contributed by atoms with E-state index in [1.165, 1.54) is 17.0 Å². The maximum Gasteiger partial charge on any atom is 0.295 e. The van der Waals surface area contributed by atoms with Gasteiger partial charge in [0.2, 0.25) is 10.0 Å². The molecule has 10 nitrogen and oxygen atoms in total. The van der Waals surface area contributed by atoms with Crippen molar-refractivity contribution < 1.29 is 13.3 Å². The maximum absolute atomic E-state index is 11.4. The van der Waals surface area contributed by atoms with Gasteiger partial charge in [0.15, 0.2) is 0 Å². The highest BCUT2D eigenvalue weighted by molar-refractivity contribution is 7.89. The van der Waals surface area contributed by atoms with Crippen molar-refractivity contribution in [3.63, 3.8) is 0 Å². The lowest BCUT2D eigenvalue weighted by Crippen LogP contribution is -2.12. The van der Waals surface area contributed by atoms with E-state index in [0.717, 1.165) is 12.1 Å². The van der Waals surface area contributed by atoms with E-state index >= 15 is 0 Å². The highest BCUT2D eigenvalue weighted by atomic mass is 35.5. The monoisotopic (exact) mass is 468 g/mol. The summed E-state index contributed by atoms with van der Waals surface area (Å²) in [6.45, 7) is 1.72. The summed E-state index contributed by atoms with van der Waals surface area (Å²) in [6, 6.07) is 10.1. The van der Waals surface area contributed by atoms with Gasteiger partial charge in [0.25, 0.3) is 5.69 Å². The summed E-state index contributed by atoms with van der Waals surface area (Å²) in [5.41, 5.74) is 3.67. The summed E-state index contributed by atoms with van der Waals surface area (Å²) >= 11 is 12.4. The first-order valence-electron chi connectivity index (χ1n) is 8.19. The summed E-state index contributed by atoms with van der Waals surface area (Å²) in [5, 5.41) is 25.4. The topological polar surface area (TPSA) is 146 Å². The number of anilines is 1. The number of nitrogens with zero attached hydrogens (tertiary/aromatic N) is 4. The molecular formula is C17H14Cl2N6O4S. The van der Waals surface area contributed by atoms with Crippen molar-refractivity contribution in [2.24, 2.45) is 10.2 Å². The molecule has 0 aliphatic carbocycles. The normalized spacial score (nSPS) is 11.7. The Kier molecular flexibility index (Phi) is 6.08. The Morgan fingerprint density at radius 1 is 1.27 bits per heavy atom. The lowest BCUT2D eigenvalue weighted by molar-refractivity contribution is -0.384. The highest BCUT2D eigenvalue weighted by Gasteiger charge is 2.19. The predicted octanol–water partition coefficient (Wildman–Crippen LogP) is 3.49. The van der Waals surface area contributed by atoms with Gasteiger partial charge in [-0.15, -0.1) is 0 Å². The van der Waals surface area contributed by atoms with Gasteiger partial charge in [0.05, 0.1) is 33.0 Å². The molecule has 0 fully saturated rings. The van der Waals surface area contributed by atoms with Crippen LogP contribution in [0.3, 0.4) is 0 Å². The fraction of sp³-hybridized carbons (Fsp3) is 0.0588. The molecule has 2 aromatic carbocycles. The lowest BCUT2D eigenvalue weighted by Gasteiger charge is -2.04. The molecule has 0 amide bonds. The molecular weight excluding hydrogens is 455 g/mol. The van der Waals surface area contributed by atoms with E-state index in [2.05, 4.69) is 15.6 Å². The molecule has 0 unspecified atom stereocenters. The van der Waals surface area contributed by atoms with Crippen molar-refractivity contribution in [3.05, 3.63) is 74.0 Å². The number of hydrazone groups is 1. The van der Waals surface area contributed by atoms with Gasteiger partial charge < -0.3 is 0 Å². The number of nitro groups is 1. The average Bonchev–Trinajstić information content (AvgIpc) is 2.95. The fourth-order valence-corrected chi connectivity index (χ4v) is 3.58. The Morgan fingerprint density at radius 3 is 2.63 bits per heavy atom. The van der Waals surface area contributed by atoms with Crippen LogP contribution in [0.1, 0.15) is 11.3 Å². The number of rotatable bonds is 6. The first-order valence-corrected chi connectivity index (χ1v) is 10.5. The molecule has 0 atom stereocenters. The number of aromatic nitrogens is 2. The molecule has 0 aliphatic rings. The van der Waals surface area contributed by atoms with Crippen LogP contribution in [0.4, 0.5) is 11.4 Å². The number of hydrogen-bond donors (Lipinski definition) is 2. The van der Waals surface area contributed by atoms with Crippen LogP contribution in [-0.2, 0) is 10.0 Å². The number of nitrogens with one attached hydrogen (secondary N) is 1. The fourth-order valence-electron chi connectivity index (χ4n) is 2.54. The van der Waals surface area contributed by atoms with Crippen LogP contribution in [0.2, 0.25) is 10.2 Å². The molecule has 0 radical (unpaired) electrons.